The summed E-state index contributed by atoms with van der Waals surface area (Å²) in [5.41, 5.74) is 1.23. The number of nitrogens with one attached hydrogen (secondary N) is 2. The number of hydrogen-bond donors (Lipinski definition) is 2. The van der Waals surface area contributed by atoms with E-state index < -0.39 is 0 Å². The molecule has 1 aliphatic heterocycles. The van der Waals surface area contributed by atoms with Gasteiger partial charge in [-0.2, -0.15) is 0 Å². The minimum atomic E-state index is 0.304. The molecule has 1 aromatic rings. The van der Waals surface area contributed by atoms with Crippen molar-refractivity contribution in [2.75, 3.05) is 19.8 Å². The van der Waals surface area contributed by atoms with Gasteiger partial charge < -0.3 is 15.4 Å². The van der Waals surface area contributed by atoms with Crippen molar-refractivity contribution in [1.29, 1.82) is 0 Å². The van der Waals surface area contributed by atoms with E-state index in [1.165, 1.54) is 5.56 Å². The molecule has 0 amide bonds. The molecule has 1 fully saturated rings. The van der Waals surface area contributed by atoms with E-state index in [1.807, 2.05) is 18.2 Å². The second-order valence-electron chi connectivity index (χ2n) is 5.31. The van der Waals surface area contributed by atoms with Crippen molar-refractivity contribution >= 4 is 11.6 Å². The van der Waals surface area contributed by atoms with E-state index in [9.17, 15) is 0 Å². The van der Waals surface area contributed by atoms with Crippen molar-refractivity contribution in [3.8, 4) is 0 Å². The maximum atomic E-state index is 6.03. The van der Waals surface area contributed by atoms with E-state index >= 15 is 0 Å². The van der Waals surface area contributed by atoms with Crippen LogP contribution in [0.5, 0.6) is 0 Å². The molecule has 1 aromatic carbocycles. The number of halogens is 1. The Morgan fingerprint density at radius 1 is 1.47 bits per heavy atom. The summed E-state index contributed by atoms with van der Waals surface area (Å²) in [5, 5.41) is 7.90. The van der Waals surface area contributed by atoms with Crippen LogP contribution in [0.1, 0.15) is 31.9 Å². The zero-order chi connectivity index (χ0) is 13.7. The largest absolute Gasteiger partial charge is 0.379 e. The zero-order valence-corrected chi connectivity index (χ0v) is 12.4. The van der Waals surface area contributed by atoms with Gasteiger partial charge in [-0.1, -0.05) is 23.7 Å². The summed E-state index contributed by atoms with van der Waals surface area (Å²) in [6, 6.07) is 9.24. The van der Waals surface area contributed by atoms with Gasteiger partial charge in [0.05, 0.1) is 13.2 Å². The number of rotatable bonds is 5. The monoisotopic (exact) mass is 282 g/mol. The molecular formula is C15H23ClN2O. The van der Waals surface area contributed by atoms with Crippen LogP contribution in [0.2, 0.25) is 5.02 Å². The van der Waals surface area contributed by atoms with E-state index in [4.69, 9.17) is 16.3 Å². The van der Waals surface area contributed by atoms with Gasteiger partial charge in [-0.15, -0.1) is 0 Å². The lowest BCUT2D eigenvalue weighted by Crippen LogP contribution is -2.45. The Balaban J connectivity index is 1.82. The van der Waals surface area contributed by atoms with Gasteiger partial charge in [-0.3, -0.25) is 0 Å². The van der Waals surface area contributed by atoms with Crippen LogP contribution in [-0.2, 0) is 4.74 Å². The van der Waals surface area contributed by atoms with Gasteiger partial charge in [0.25, 0.3) is 0 Å². The van der Waals surface area contributed by atoms with Crippen LogP contribution < -0.4 is 10.6 Å². The van der Waals surface area contributed by atoms with Crippen LogP contribution in [0.25, 0.3) is 0 Å². The second-order valence-corrected chi connectivity index (χ2v) is 5.74. The summed E-state index contributed by atoms with van der Waals surface area (Å²) in [5.74, 6) is 0. The van der Waals surface area contributed by atoms with Crippen LogP contribution >= 0.6 is 11.6 Å². The van der Waals surface area contributed by atoms with Crippen molar-refractivity contribution in [3.05, 3.63) is 34.9 Å². The molecular weight excluding hydrogens is 260 g/mol. The summed E-state index contributed by atoms with van der Waals surface area (Å²) in [6.07, 6.45) is 1.07. The Bertz CT molecular complexity index is 393. The fraction of sp³-hybridized carbons (Fsp3) is 0.600. The Morgan fingerprint density at radius 2 is 2.32 bits per heavy atom. The fourth-order valence-corrected chi connectivity index (χ4v) is 2.76. The highest BCUT2D eigenvalue weighted by molar-refractivity contribution is 6.30. The molecule has 0 aromatic heterocycles. The lowest BCUT2D eigenvalue weighted by Gasteiger charge is -2.28. The van der Waals surface area contributed by atoms with Gasteiger partial charge in [-0.05, 0) is 38.0 Å². The van der Waals surface area contributed by atoms with Crippen LogP contribution in [-0.4, -0.2) is 31.8 Å². The van der Waals surface area contributed by atoms with Gasteiger partial charge in [-0.25, -0.2) is 0 Å². The predicted molar refractivity (Wildman–Crippen MR) is 79.7 cm³/mol. The van der Waals surface area contributed by atoms with Crippen molar-refractivity contribution in [2.45, 2.75) is 38.4 Å². The van der Waals surface area contributed by atoms with E-state index in [-0.39, 0.29) is 0 Å². The molecule has 2 N–H and O–H groups in total. The molecule has 3 nitrogen and oxygen atoms in total. The van der Waals surface area contributed by atoms with Crippen LogP contribution in [0.3, 0.4) is 0 Å². The van der Waals surface area contributed by atoms with E-state index in [0.29, 0.717) is 18.1 Å². The third kappa shape index (κ3) is 4.77. The van der Waals surface area contributed by atoms with E-state index in [0.717, 1.165) is 31.2 Å². The average Bonchev–Trinajstić information content (AvgIpc) is 2.39. The van der Waals surface area contributed by atoms with Crippen molar-refractivity contribution in [2.24, 2.45) is 0 Å². The molecule has 1 aliphatic rings. The zero-order valence-electron chi connectivity index (χ0n) is 11.7. The van der Waals surface area contributed by atoms with Gasteiger partial charge in [0.1, 0.15) is 0 Å². The first-order valence-electron chi connectivity index (χ1n) is 6.98. The first kappa shape index (κ1) is 14.8. The molecule has 0 radical (unpaired) electrons. The normalized spacial score (nSPS) is 23.0. The molecule has 2 rings (SSSR count). The number of morpholine rings is 1. The third-order valence-corrected chi connectivity index (χ3v) is 3.75. The van der Waals surface area contributed by atoms with Gasteiger partial charge in [0, 0.05) is 29.7 Å². The van der Waals surface area contributed by atoms with Crippen LogP contribution in [0.15, 0.2) is 24.3 Å². The second kappa shape index (κ2) is 7.25. The average molecular weight is 283 g/mol. The molecule has 1 saturated heterocycles. The van der Waals surface area contributed by atoms with Gasteiger partial charge >= 0.3 is 0 Å². The summed E-state index contributed by atoms with van der Waals surface area (Å²) in [4.78, 5) is 0. The van der Waals surface area contributed by atoms with Crippen LogP contribution in [0, 0.1) is 0 Å². The maximum absolute atomic E-state index is 6.03. The first-order chi connectivity index (χ1) is 9.15. The van der Waals surface area contributed by atoms with Crippen molar-refractivity contribution in [1.82, 2.24) is 10.6 Å². The summed E-state index contributed by atoms with van der Waals surface area (Å²) >= 11 is 6.03. The standard InChI is InChI=1S/C15H23ClN2O/c1-11(8-15-10-19-7-6-17-15)18-12(2)13-4-3-5-14(16)9-13/h3-5,9,11-12,15,17-18H,6-8,10H2,1-2H3/t11?,12-,15?/m1/s1. The highest BCUT2D eigenvalue weighted by Crippen LogP contribution is 2.18. The predicted octanol–water partition coefficient (Wildman–Crippen LogP) is 2.76. The minimum Gasteiger partial charge on any atom is -0.379 e. The van der Waals surface area contributed by atoms with Gasteiger partial charge in [0.2, 0.25) is 0 Å². The fourth-order valence-electron chi connectivity index (χ4n) is 2.56. The molecule has 2 unspecified atom stereocenters. The lowest BCUT2D eigenvalue weighted by molar-refractivity contribution is 0.0708. The molecule has 0 aliphatic carbocycles. The Labute approximate surface area is 120 Å². The Kier molecular flexibility index (Phi) is 5.64. The lowest BCUT2D eigenvalue weighted by atomic mass is 10.0. The molecule has 0 spiro atoms. The smallest absolute Gasteiger partial charge is 0.0620 e. The van der Waals surface area contributed by atoms with E-state index in [2.05, 4.69) is 30.5 Å². The van der Waals surface area contributed by atoms with Crippen molar-refractivity contribution in [3.63, 3.8) is 0 Å². The number of hydrogen-bond acceptors (Lipinski definition) is 3. The van der Waals surface area contributed by atoms with E-state index in [1.54, 1.807) is 0 Å². The SMILES string of the molecule is CC(CC1COCCN1)N[C@H](C)c1cccc(Cl)c1. The molecule has 3 atom stereocenters. The molecule has 106 valence electrons. The number of ether oxygens (including phenoxy) is 1. The minimum absolute atomic E-state index is 0.304. The molecule has 0 bridgehead atoms. The Hall–Kier alpha value is -0.610. The van der Waals surface area contributed by atoms with Gasteiger partial charge in [0.15, 0.2) is 0 Å². The van der Waals surface area contributed by atoms with Crippen LogP contribution in [0.4, 0.5) is 0 Å². The summed E-state index contributed by atoms with van der Waals surface area (Å²) in [7, 11) is 0. The highest BCUT2D eigenvalue weighted by Gasteiger charge is 2.17. The highest BCUT2D eigenvalue weighted by atomic mass is 35.5. The molecule has 4 heteroatoms. The third-order valence-electron chi connectivity index (χ3n) is 3.52. The Morgan fingerprint density at radius 3 is 3.00 bits per heavy atom. The quantitative estimate of drug-likeness (QED) is 0.871. The summed E-state index contributed by atoms with van der Waals surface area (Å²) in [6.45, 7) is 7.00. The first-order valence-corrected chi connectivity index (χ1v) is 7.35. The molecule has 0 saturated carbocycles. The number of benzene rings is 1. The van der Waals surface area contributed by atoms with Crippen molar-refractivity contribution < 1.29 is 4.74 Å². The topological polar surface area (TPSA) is 33.3 Å². The maximum Gasteiger partial charge on any atom is 0.0620 e. The molecule has 19 heavy (non-hydrogen) atoms. The summed E-state index contributed by atoms with van der Waals surface area (Å²) < 4.78 is 5.48. The molecule has 1 heterocycles.